The lowest BCUT2D eigenvalue weighted by Gasteiger charge is -2.19. The van der Waals surface area contributed by atoms with E-state index in [-0.39, 0.29) is 11.3 Å². The van der Waals surface area contributed by atoms with E-state index in [4.69, 9.17) is 13.9 Å². The first-order valence-electron chi connectivity index (χ1n) is 12.4. The predicted octanol–water partition coefficient (Wildman–Crippen LogP) is 7.28. The summed E-state index contributed by atoms with van der Waals surface area (Å²) in [6, 6.07) is 24.9. The maximum absolute atomic E-state index is 13.0. The number of carbonyl (C=O) groups excluding carboxylic acids is 1. The standard InChI is InChI=1S/C31H29N3O4/c1-31(2,3)22-10-7-11-23(14-22)34-30(35)27-19-37-28-16-25(12-13-26(27)28)38-29-15-24(32-20-33-29)18-36-17-21-8-5-4-6-9-21/h4-16,19-20H,17-18H2,1-3H3,(H,34,35). The van der Waals surface area contributed by atoms with Gasteiger partial charge in [-0.2, -0.15) is 0 Å². The van der Waals surface area contributed by atoms with Crippen molar-refractivity contribution in [2.45, 2.75) is 39.4 Å². The highest BCUT2D eigenvalue weighted by Crippen LogP contribution is 2.29. The minimum Gasteiger partial charge on any atom is -0.463 e. The number of hydrogen-bond acceptors (Lipinski definition) is 6. The molecule has 2 heterocycles. The van der Waals surface area contributed by atoms with Gasteiger partial charge < -0.3 is 19.2 Å². The molecule has 0 spiro atoms. The maximum Gasteiger partial charge on any atom is 0.259 e. The summed E-state index contributed by atoms with van der Waals surface area (Å²) in [5.74, 6) is 0.687. The molecule has 7 nitrogen and oxygen atoms in total. The first-order chi connectivity index (χ1) is 18.3. The van der Waals surface area contributed by atoms with Crippen LogP contribution in [-0.2, 0) is 23.4 Å². The van der Waals surface area contributed by atoms with E-state index in [2.05, 4.69) is 42.1 Å². The van der Waals surface area contributed by atoms with Gasteiger partial charge in [0.2, 0.25) is 5.88 Å². The van der Waals surface area contributed by atoms with Crippen LogP contribution in [0.1, 0.15) is 48.0 Å². The Balaban J connectivity index is 1.24. The Hall–Kier alpha value is -4.49. The minimum atomic E-state index is -0.237. The van der Waals surface area contributed by atoms with Crippen LogP contribution in [0.25, 0.3) is 11.0 Å². The zero-order valence-corrected chi connectivity index (χ0v) is 21.6. The third-order valence-electron chi connectivity index (χ3n) is 6.06. The van der Waals surface area contributed by atoms with Gasteiger partial charge in [-0.1, -0.05) is 63.2 Å². The van der Waals surface area contributed by atoms with Gasteiger partial charge in [-0.3, -0.25) is 4.79 Å². The second-order valence-corrected chi connectivity index (χ2v) is 10.0. The number of ether oxygens (including phenoxy) is 2. The molecule has 0 aliphatic heterocycles. The summed E-state index contributed by atoms with van der Waals surface area (Å²) in [7, 11) is 0. The van der Waals surface area contributed by atoms with Crippen LogP contribution in [0.4, 0.5) is 5.69 Å². The van der Waals surface area contributed by atoms with Crippen molar-refractivity contribution in [2.24, 2.45) is 0 Å². The summed E-state index contributed by atoms with van der Waals surface area (Å²) in [5.41, 5.74) is 4.66. The molecule has 5 rings (SSSR count). The van der Waals surface area contributed by atoms with Gasteiger partial charge in [-0.05, 0) is 40.8 Å². The SMILES string of the molecule is CC(C)(C)c1cccc(NC(=O)c2coc3cc(Oc4cc(COCc5ccccc5)ncn4)ccc23)c1. The Morgan fingerprint density at radius 1 is 0.921 bits per heavy atom. The van der Waals surface area contributed by atoms with E-state index >= 15 is 0 Å². The van der Waals surface area contributed by atoms with E-state index in [0.717, 1.165) is 16.8 Å². The zero-order valence-electron chi connectivity index (χ0n) is 21.6. The molecule has 0 bridgehead atoms. The average molecular weight is 508 g/mol. The molecular weight excluding hydrogens is 478 g/mol. The van der Waals surface area contributed by atoms with Crippen LogP contribution in [0.5, 0.6) is 11.6 Å². The van der Waals surface area contributed by atoms with Crippen molar-refractivity contribution < 1.29 is 18.7 Å². The molecule has 0 atom stereocenters. The van der Waals surface area contributed by atoms with Crippen LogP contribution in [0.3, 0.4) is 0 Å². The second-order valence-electron chi connectivity index (χ2n) is 10.0. The van der Waals surface area contributed by atoms with Gasteiger partial charge in [-0.25, -0.2) is 9.97 Å². The van der Waals surface area contributed by atoms with Crippen molar-refractivity contribution in [3.63, 3.8) is 0 Å². The summed E-state index contributed by atoms with van der Waals surface area (Å²) in [5, 5.41) is 3.67. The Morgan fingerprint density at radius 3 is 2.58 bits per heavy atom. The summed E-state index contributed by atoms with van der Waals surface area (Å²) < 4.78 is 17.4. The first-order valence-corrected chi connectivity index (χ1v) is 12.4. The Morgan fingerprint density at radius 2 is 1.76 bits per heavy atom. The van der Waals surface area contributed by atoms with Crippen molar-refractivity contribution in [1.82, 2.24) is 9.97 Å². The van der Waals surface area contributed by atoms with E-state index in [1.165, 1.54) is 12.6 Å². The van der Waals surface area contributed by atoms with Gasteiger partial charge in [0.05, 0.1) is 24.5 Å². The van der Waals surface area contributed by atoms with Gasteiger partial charge in [0.1, 0.15) is 23.9 Å². The third-order valence-corrected chi connectivity index (χ3v) is 6.06. The number of rotatable bonds is 8. The molecule has 0 radical (unpaired) electrons. The molecule has 2 aromatic heterocycles. The number of furan rings is 1. The van der Waals surface area contributed by atoms with Crippen molar-refractivity contribution in [3.05, 3.63) is 114 Å². The van der Waals surface area contributed by atoms with Gasteiger partial charge in [0.25, 0.3) is 5.91 Å². The van der Waals surface area contributed by atoms with Crippen molar-refractivity contribution in [2.75, 3.05) is 5.32 Å². The highest BCUT2D eigenvalue weighted by molar-refractivity contribution is 6.12. The topological polar surface area (TPSA) is 86.5 Å². The lowest BCUT2D eigenvalue weighted by Crippen LogP contribution is -2.14. The lowest BCUT2D eigenvalue weighted by atomic mass is 9.87. The first kappa shape index (κ1) is 25.2. The zero-order chi connectivity index (χ0) is 26.5. The predicted molar refractivity (Wildman–Crippen MR) is 146 cm³/mol. The maximum atomic E-state index is 13.0. The monoisotopic (exact) mass is 507 g/mol. The van der Waals surface area contributed by atoms with E-state index < -0.39 is 0 Å². The number of amides is 1. The Kier molecular flexibility index (Phi) is 7.20. The number of nitrogens with zero attached hydrogens (tertiary/aromatic N) is 2. The molecule has 1 N–H and O–H groups in total. The minimum absolute atomic E-state index is 0.0148. The molecule has 0 aliphatic rings. The van der Waals surface area contributed by atoms with Crippen LogP contribution in [0.2, 0.25) is 0 Å². The molecule has 7 heteroatoms. The van der Waals surface area contributed by atoms with Crippen LogP contribution in [0.15, 0.2) is 95.9 Å². The normalized spacial score (nSPS) is 11.4. The summed E-state index contributed by atoms with van der Waals surface area (Å²) in [6.45, 7) is 7.24. The summed E-state index contributed by atoms with van der Waals surface area (Å²) >= 11 is 0. The fraction of sp³-hybridized carbons (Fsp3) is 0.194. The second kappa shape index (κ2) is 10.9. The van der Waals surface area contributed by atoms with Gasteiger partial charge in [-0.15, -0.1) is 0 Å². The largest absolute Gasteiger partial charge is 0.463 e. The molecule has 5 aromatic rings. The van der Waals surface area contributed by atoms with Crippen LogP contribution in [-0.4, -0.2) is 15.9 Å². The number of aromatic nitrogens is 2. The Labute approximate surface area is 221 Å². The molecule has 0 saturated heterocycles. The third kappa shape index (κ3) is 6.07. The fourth-order valence-corrected chi connectivity index (χ4v) is 3.99. The molecule has 38 heavy (non-hydrogen) atoms. The highest BCUT2D eigenvalue weighted by Gasteiger charge is 2.17. The summed E-state index contributed by atoms with van der Waals surface area (Å²) in [4.78, 5) is 21.5. The molecule has 192 valence electrons. The number of nitrogens with one attached hydrogen (secondary N) is 1. The number of carbonyl (C=O) groups is 1. The fourth-order valence-electron chi connectivity index (χ4n) is 3.99. The molecule has 0 saturated carbocycles. The molecule has 3 aromatic carbocycles. The molecule has 0 fully saturated rings. The van der Waals surface area contributed by atoms with Gasteiger partial charge in [0, 0.05) is 23.2 Å². The van der Waals surface area contributed by atoms with Crippen molar-refractivity contribution >= 4 is 22.6 Å². The number of fused-ring (bicyclic) bond motifs is 1. The highest BCUT2D eigenvalue weighted by atomic mass is 16.5. The quantitative estimate of drug-likeness (QED) is 0.237. The average Bonchev–Trinajstić information content (AvgIpc) is 3.33. The van der Waals surface area contributed by atoms with Crippen molar-refractivity contribution in [3.8, 4) is 11.6 Å². The molecular formula is C31H29N3O4. The molecule has 0 unspecified atom stereocenters. The van der Waals surface area contributed by atoms with Crippen LogP contribution < -0.4 is 10.1 Å². The molecule has 1 amide bonds. The van der Waals surface area contributed by atoms with Gasteiger partial charge >= 0.3 is 0 Å². The number of hydrogen-bond donors (Lipinski definition) is 1. The van der Waals surface area contributed by atoms with Gasteiger partial charge in [0.15, 0.2) is 0 Å². The van der Waals surface area contributed by atoms with E-state index in [1.54, 1.807) is 24.3 Å². The lowest BCUT2D eigenvalue weighted by molar-refractivity contribution is 0.102. The smallest absolute Gasteiger partial charge is 0.259 e. The van der Waals surface area contributed by atoms with Crippen molar-refractivity contribution in [1.29, 1.82) is 0 Å². The van der Waals surface area contributed by atoms with E-state index in [0.29, 0.717) is 47.1 Å². The van der Waals surface area contributed by atoms with E-state index in [9.17, 15) is 4.79 Å². The van der Waals surface area contributed by atoms with E-state index in [1.807, 2.05) is 48.5 Å². The Bertz CT molecular complexity index is 1550. The number of anilines is 1. The van der Waals surface area contributed by atoms with Crippen LogP contribution in [0, 0.1) is 0 Å². The molecule has 0 aliphatic carbocycles. The number of benzene rings is 3. The van der Waals surface area contributed by atoms with Crippen LogP contribution >= 0.6 is 0 Å². The summed E-state index contributed by atoms with van der Waals surface area (Å²) in [6.07, 6.45) is 2.91.